The summed E-state index contributed by atoms with van der Waals surface area (Å²) in [6.45, 7) is 4.16. The van der Waals surface area contributed by atoms with Crippen molar-refractivity contribution < 1.29 is 77.3 Å². The molecule has 120 heavy (non-hydrogen) atoms. The number of hydrogen-bond acceptors (Lipinski definition) is 19. The lowest BCUT2D eigenvalue weighted by molar-refractivity contribution is -0.137. The maximum absolute atomic E-state index is 15.2. The Morgan fingerprint density at radius 1 is 0.367 bits per heavy atom. The van der Waals surface area contributed by atoms with Gasteiger partial charge in [0.05, 0.1) is 25.0 Å². The second-order valence-corrected chi connectivity index (χ2v) is 29.6. The lowest BCUT2D eigenvalue weighted by Crippen LogP contribution is -2.62. The van der Waals surface area contributed by atoms with Crippen molar-refractivity contribution in [2.75, 3.05) is 19.6 Å². The molecular formula is C81H111BN22O16. The molecule has 0 spiro atoms. The lowest BCUT2D eigenvalue weighted by Gasteiger charge is -2.29. The van der Waals surface area contributed by atoms with Gasteiger partial charge >= 0.3 is 0 Å². The topological polar surface area (TPSA) is 650 Å². The number of aromatic hydroxyl groups is 1. The summed E-state index contributed by atoms with van der Waals surface area (Å²) in [5.41, 5.74) is 30.0. The van der Waals surface area contributed by atoms with Crippen molar-refractivity contribution in [3.05, 3.63) is 173 Å². The molecule has 1 saturated heterocycles. The minimum absolute atomic E-state index is 0.0229. The maximum atomic E-state index is 15.2. The van der Waals surface area contributed by atoms with Gasteiger partial charge in [0.1, 0.15) is 71.9 Å². The number of benzene rings is 5. The van der Waals surface area contributed by atoms with Gasteiger partial charge in [-0.05, 0) is 97.7 Å². The molecule has 644 valence electrons. The highest BCUT2D eigenvalue weighted by Gasteiger charge is 2.40. The average Bonchev–Trinajstić information content (AvgIpc) is 0.846. The standard InChI is InChI=1S/C81H111BN22O16/c1-45(2)65-77(119)102-62(43-64(84)108)75(117)99-57(38-47-19-8-4-9-20-47)72(114)95-55(28-17-35-92-80(87)88)69(111)100-61(42-63(83)107)74(116)98-58(39-48-21-10-5-11-22-48)73(115)96-56(29-18-36-93-81(89)90)70(112)104-66(46(3)105)78(120)101-59(40-49-23-12-6-13-24-49)71(113)94-54(27-16-34-91-79(85)86)67(109)82-44-52(37-51-30-32-53(106)33-31-51)68(110)97-60(76(118)103-65)41-50-25-14-7-15-26-50/h4-15,19-26,30-33,45-46,52,54-62,65-66,82,105-106H,16-18,27-29,34-44H2,1-3H3,(H2,83,107)(H2,84,108)(H,94,113)(H,95,114)(H,96,115)(H,97,110)(H,98,116)(H,99,117)(H,100,111)(H,101,120)(H,102,119)(H,103,118)(H,104,112)(H4,85,86,91)(H4,87,88,92)(H4,89,90,93)/t46-,52?,54+,55+,56+,57+,58+,59+,60+,61+,62+,65?,66+/m1/s1. The monoisotopic (exact) mass is 1660 g/mol. The predicted molar refractivity (Wildman–Crippen MR) is 446 cm³/mol. The summed E-state index contributed by atoms with van der Waals surface area (Å²) in [6.07, 6.45) is -5.80. The van der Waals surface area contributed by atoms with Crippen LogP contribution in [0.4, 0.5) is 0 Å². The van der Waals surface area contributed by atoms with Crippen molar-refractivity contribution in [3.63, 3.8) is 0 Å². The van der Waals surface area contributed by atoms with E-state index in [1.807, 2.05) is 0 Å². The Bertz CT molecular complexity index is 4350. The molecular weight excluding hydrogens is 1550 g/mol. The number of rotatable bonds is 28. The van der Waals surface area contributed by atoms with Crippen LogP contribution in [0.15, 0.2) is 146 Å². The van der Waals surface area contributed by atoms with Crippen molar-refractivity contribution in [3.8, 4) is 5.75 Å². The van der Waals surface area contributed by atoms with Crippen LogP contribution >= 0.6 is 0 Å². The molecule has 0 radical (unpaired) electrons. The van der Waals surface area contributed by atoms with E-state index in [-0.39, 0.29) is 102 Å². The fourth-order valence-electron chi connectivity index (χ4n) is 13.1. The number of nitrogens with one attached hydrogen (secondary N) is 17. The van der Waals surface area contributed by atoms with E-state index in [0.717, 1.165) is 6.92 Å². The third kappa shape index (κ3) is 33.6. The second-order valence-electron chi connectivity index (χ2n) is 29.6. The van der Waals surface area contributed by atoms with Crippen LogP contribution in [0.5, 0.6) is 5.75 Å². The van der Waals surface area contributed by atoms with Gasteiger partial charge in [-0.3, -0.25) is 78.6 Å². The Labute approximate surface area is 695 Å². The van der Waals surface area contributed by atoms with Gasteiger partial charge < -0.3 is 118 Å². The highest BCUT2D eigenvalue weighted by atomic mass is 16.3. The van der Waals surface area contributed by atoms with Crippen molar-refractivity contribution in [2.24, 2.45) is 40.5 Å². The van der Waals surface area contributed by atoms with Crippen LogP contribution in [0.25, 0.3) is 0 Å². The van der Waals surface area contributed by atoms with Gasteiger partial charge in [0.2, 0.25) is 84.1 Å². The van der Waals surface area contributed by atoms with Gasteiger partial charge in [0.25, 0.3) is 0 Å². The van der Waals surface area contributed by atoms with E-state index in [2.05, 4.69) is 74.4 Å². The van der Waals surface area contributed by atoms with Crippen LogP contribution < -0.4 is 103 Å². The van der Waals surface area contributed by atoms with E-state index < -0.39 is 205 Å². The van der Waals surface area contributed by atoms with E-state index in [1.54, 1.807) is 147 Å². The zero-order valence-electron chi connectivity index (χ0n) is 67.2. The molecule has 39 heteroatoms. The van der Waals surface area contributed by atoms with Crippen molar-refractivity contribution in [1.29, 1.82) is 16.2 Å². The van der Waals surface area contributed by atoms with Crippen molar-refractivity contribution in [2.45, 2.75) is 183 Å². The summed E-state index contributed by atoms with van der Waals surface area (Å²) in [6, 6.07) is 20.2. The summed E-state index contributed by atoms with van der Waals surface area (Å²) in [4.78, 5) is 206. The molecule has 1 aliphatic heterocycles. The Kier molecular flexibility index (Phi) is 38.9. The molecule has 6 rings (SSSR count). The van der Waals surface area contributed by atoms with E-state index in [1.165, 1.54) is 12.1 Å². The SMILES string of the molecule is CC(C)C1NC(=O)[C@H](Cc2ccccc2)NC(=O)C(Cc2ccc(O)cc2)CBC(=O)[C@H](CCCNC(=N)N)NC(=O)[C@H](Cc2ccccc2)NC(=O)[C@H]([C@@H](C)O)NC(=O)[C@H](CCCNC(=N)N)NC(=O)[C@H](Cc2ccccc2)NC(=O)[C@H](CC(N)=O)NC(=O)[C@H](CCCNC(=N)N)NC(=O)[C@H](Cc2ccccc2)NC(=O)[C@H](CC(N)=O)NC1=O. The number of nitrogens with two attached hydrogens (primary N) is 5. The van der Waals surface area contributed by atoms with Crippen LogP contribution in [0.2, 0.25) is 6.32 Å². The lowest BCUT2D eigenvalue weighted by atomic mass is 9.62. The molecule has 1 fully saturated rings. The summed E-state index contributed by atoms with van der Waals surface area (Å²) in [7, 11) is -0.438. The number of phenolic OH excluding ortho intramolecular Hbond substituents is 1. The van der Waals surface area contributed by atoms with Gasteiger partial charge in [0, 0.05) is 51.2 Å². The van der Waals surface area contributed by atoms with Gasteiger partial charge in [0.15, 0.2) is 17.9 Å². The molecule has 0 aliphatic carbocycles. The maximum Gasteiger partial charge on any atom is 0.245 e. The van der Waals surface area contributed by atoms with Crippen LogP contribution in [0.1, 0.15) is 100.0 Å². The number of primary amides is 2. The Morgan fingerprint density at radius 3 is 1.00 bits per heavy atom. The first-order valence-corrected chi connectivity index (χ1v) is 39.4. The third-order valence-electron chi connectivity index (χ3n) is 19.5. The number of carbonyl (C=O) groups is 14. The normalized spacial score (nSPS) is 22.4. The molecule has 13 amide bonds. The minimum Gasteiger partial charge on any atom is -0.508 e. The molecule has 1 heterocycles. The minimum atomic E-state index is -1.95. The van der Waals surface area contributed by atoms with E-state index in [9.17, 15) is 48.6 Å². The van der Waals surface area contributed by atoms with Crippen LogP contribution in [0.3, 0.4) is 0 Å². The number of hydrogen-bond donors (Lipinski definition) is 24. The van der Waals surface area contributed by atoms with Gasteiger partial charge in [-0.25, -0.2) is 0 Å². The largest absolute Gasteiger partial charge is 0.508 e. The van der Waals surface area contributed by atoms with Crippen molar-refractivity contribution >= 4 is 108 Å². The highest BCUT2D eigenvalue weighted by molar-refractivity contribution is 6.75. The average molecular weight is 1660 g/mol. The molecule has 5 aromatic carbocycles. The summed E-state index contributed by atoms with van der Waals surface area (Å²) >= 11 is 0. The Balaban J connectivity index is 1.52. The van der Waals surface area contributed by atoms with Crippen LogP contribution in [-0.4, -0.2) is 210 Å². The first-order valence-electron chi connectivity index (χ1n) is 39.4. The zero-order chi connectivity index (χ0) is 88.0. The van der Waals surface area contributed by atoms with Gasteiger partial charge in [-0.2, -0.15) is 0 Å². The van der Waals surface area contributed by atoms with E-state index in [0.29, 0.717) is 27.8 Å². The Hall–Kier alpha value is -13.5. The summed E-state index contributed by atoms with van der Waals surface area (Å²) < 4.78 is 0. The van der Waals surface area contributed by atoms with Crippen LogP contribution in [0, 0.1) is 28.1 Å². The summed E-state index contributed by atoms with van der Waals surface area (Å²) in [5.74, 6) is -17.3. The first-order chi connectivity index (χ1) is 57.1. The highest BCUT2D eigenvalue weighted by Crippen LogP contribution is 2.20. The molecule has 2 unspecified atom stereocenters. The summed E-state index contributed by atoms with van der Waals surface area (Å²) in [5, 5.41) is 81.6. The number of amides is 13. The number of phenols is 1. The smallest absolute Gasteiger partial charge is 0.245 e. The molecule has 29 N–H and O–H groups in total. The van der Waals surface area contributed by atoms with E-state index >= 15 is 28.8 Å². The van der Waals surface area contributed by atoms with Gasteiger partial charge in [-0.1, -0.05) is 154 Å². The number of aliphatic hydroxyl groups excluding tert-OH is 1. The molecule has 1 aliphatic rings. The fourth-order valence-corrected chi connectivity index (χ4v) is 13.1. The molecule has 0 bridgehead atoms. The number of guanidine groups is 3. The number of aliphatic hydroxyl groups is 1. The molecule has 13 atom stereocenters. The first kappa shape index (κ1) is 95.4. The quantitative estimate of drug-likeness (QED) is 0.00978. The van der Waals surface area contributed by atoms with Crippen molar-refractivity contribution in [1.82, 2.24) is 74.4 Å². The van der Waals surface area contributed by atoms with Crippen LogP contribution in [-0.2, 0) is 99.2 Å². The van der Waals surface area contributed by atoms with E-state index in [4.69, 9.17) is 44.9 Å². The molecule has 38 nitrogen and oxygen atoms in total. The molecule has 5 aromatic rings. The fraction of sp³-hybridized carbons (Fsp3) is 0.420. The molecule has 0 saturated carbocycles. The third-order valence-corrected chi connectivity index (χ3v) is 19.5. The molecule has 0 aromatic heterocycles. The number of carbonyl (C=O) groups excluding carboxylic acids is 14. The van der Waals surface area contributed by atoms with Gasteiger partial charge in [-0.15, -0.1) is 0 Å². The predicted octanol–water partition coefficient (Wildman–Crippen LogP) is -4.17. The second kappa shape index (κ2) is 48.9. The zero-order valence-corrected chi connectivity index (χ0v) is 67.2. The Morgan fingerprint density at radius 2 is 0.642 bits per heavy atom.